The van der Waals surface area contributed by atoms with Gasteiger partial charge in [-0.3, -0.25) is 15.0 Å². The lowest BCUT2D eigenvalue weighted by Gasteiger charge is -2.35. The highest BCUT2D eigenvalue weighted by atomic mass is 32.2. The summed E-state index contributed by atoms with van der Waals surface area (Å²) >= 11 is 0. The van der Waals surface area contributed by atoms with Crippen LogP contribution in [0.15, 0.2) is 23.1 Å². The van der Waals surface area contributed by atoms with Gasteiger partial charge in [0, 0.05) is 31.8 Å². The summed E-state index contributed by atoms with van der Waals surface area (Å²) in [6.07, 6.45) is 2.01. The molecule has 1 aliphatic rings. The van der Waals surface area contributed by atoms with Crippen molar-refractivity contribution in [2.45, 2.75) is 50.7 Å². The van der Waals surface area contributed by atoms with E-state index in [2.05, 4.69) is 23.5 Å². The van der Waals surface area contributed by atoms with E-state index in [1.165, 1.54) is 12.1 Å². The topological polar surface area (TPSA) is 102 Å². The lowest BCUT2D eigenvalue weighted by atomic mass is 10.2. The molecule has 1 saturated heterocycles. The number of unbranched alkanes of at least 4 members (excludes halogenated alkanes) is 1. The minimum atomic E-state index is -3.76. The van der Waals surface area contributed by atoms with E-state index in [-0.39, 0.29) is 22.8 Å². The molecule has 0 spiro atoms. The molecular formula is C17H27N3O5S. The van der Waals surface area contributed by atoms with Crippen molar-refractivity contribution in [1.82, 2.24) is 9.62 Å². The van der Waals surface area contributed by atoms with E-state index < -0.39 is 14.9 Å². The standard InChI is InChI=1S/C17H27N3O5S/c1-13-6-7-16(20(21)22)10-17(13)26(23,24)18-8-4-5-9-19-11-14(2)25-15(3)12-19/h6-7,10,14-15,18H,4-5,8-9,11-12H2,1-3H3/t14-,15-/m0/s1. The number of nitro benzene ring substituents is 1. The Hall–Kier alpha value is -1.55. The molecule has 9 heteroatoms. The molecule has 0 saturated carbocycles. The summed E-state index contributed by atoms with van der Waals surface area (Å²) in [7, 11) is -3.76. The van der Waals surface area contributed by atoms with E-state index in [0.29, 0.717) is 18.5 Å². The number of nitrogens with zero attached hydrogens (tertiary/aromatic N) is 2. The number of rotatable bonds is 8. The summed E-state index contributed by atoms with van der Waals surface area (Å²) < 4.78 is 33.1. The van der Waals surface area contributed by atoms with Gasteiger partial charge in [0.15, 0.2) is 0 Å². The van der Waals surface area contributed by atoms with Crippen LogP contribution in [-0.2, 0) is 14.8 Å². The minimum Gasteiger partial charge on any atom is -0.373 e. The quantitative estimate of drug-likeness (QED) is 0.418. The Morgan fingerprint density at radius 1 is 1.27 bits per heavy atom. The number of sulfonamides is 1. The second-order valence-corrected chi connectivity index (χ2v) is 8.56. The largest absolute Gasteiger partial charge is 0.373 e. The predicted molar refractivity (Wildman–Crippen MR) is 98.7 cm³/mol. The van der Waals surface area contributed by atoms with Gasteiger partial charge in [-0.25, -0.2) is 13.1 Å². The van der Waals surface area contributed by atoms with Gasteiger partial charge in [0.05, 0.1) is 22.0 Å². The van der Waals surface area contributed by atoms with Gasteiger partial charge >= 0.3 is 0 Å². The fourth-order valence-electron chi connectivity index (χ4n) is 3.20. The van der Waals surface area contributed by atoms with E-state index in [4.69, 9.17) is 4.74 Å². The Morgan fingerprint density at radius 2 is 1.92 bits per heavy atom. The zero-order chi connectivity index (χ0) is 19.3. The number of aryl methyl sites for hydroxylation is 1. The van der Waals surface area contributed by atoms with E-state index >= 15 is 0 Å². The molecule has 1 fully saturated rings. The van der Waals surface area contributed by atoms with Gasteiger partial charge in [-0.05, 0) is 45.7 Å². The molecule has 146 valence electrons. The highest BCUT2D eigenvalue weighted by Gasteiger charge is 2.22. The maximum atomic E-state index is 12.4. The summed E-state index contributed by atoms with van der Waals surface area (Å²) in [6.45, 7) is 8.72. The third kappa shape index (κ3) is 5.73. The molecule has 0 aromatic heterocycles. The highest BCUT2D eigenvalue weighted by Crippen LogP contribution is 2.21. The van der Waals surface area contributed by atoms with Crippen molar-refractivity contribution in [3.8, 4) is 0 Å². The summed E-state index contributed by atoms with van der Waals surface area (Å²) in [5, 5.41) is 10.9. The second-order valence-electron chi connectivity index (χ2n) is 6.83. The maximum absolute atomic E-state index is 12.4. The molecule has 0 radical (unpaired) electrons. The van der Waals surface area contributed by atoms with E-state index in [9.17, 15) is 18.5 Å². The number of hydrogen-bond donors (Lipinski definition) is 1. The van der Waals surface area contributed by atoms with Crippen molar-refractivity contribution in [1.29, 1.82) is 0 Å². The number of ether oxygens (including phenoxy) is 1. The minimum absolute atomic E-state index is 0.0393. The molecule has 0 bridgehead atoms. The van der Waals surface area contributed by atoms with Crippen LogP contribution in [0.4, 0.5) is 5.69 Å². The van der Waals surface area contributed by atoms with Gasteiger partial charge in [0.25, 0.3) is 5.69 Å². The summed E-state index contributed by atoms with van der Waals surface area (Å²) in [5.41, 5.74) is 0.255. The number of hydrogen-bond acceptors (Lipinski definition) is 6. The lowest BCUT2D eigenvalue weighted by Crippen LogP contribution is -2.45. The zero-order valence-corrected chi connectivity index (χ0v) is 16.3. The van der Waals surface area contributed by atoms with Crippen LogP contribution in [0.5, 0.6) is 0 Å². The fourth-order valence-corrected chi connectivity index (χ4v) is 4.54. The van der Waals surface area contributed by atoms with Gasteiger partial charge in [0.2, 0.25) is 10.0 Å². The van der Waals surface area contributed by atoms with Crippen molar-refractivity contribution < 1.29 is 18.1 Å². The molecule has 1 aromatic rings. The van der Waals surface area contributed by atoms with Crippen LogP contribution in [-0.4, -0.2) is 56.6 Å². The Kier molecular flexibility index (Phi) is 7.10. The molecule has 0 aliphatic carbocycles. The number of non-ortho nitro benzene ring substituents is 1. The summed E-state index contributed by atoms with van der Waals surface area (Å²) in [4.78, 5) is 12.6. The van der Waals surface area contributed by atoms with E-state index in [0.717, 1.165) is 32.1 Å². The number of benzene rings is 1. The Morgan fingerprint density at radius 3 is 2.54 bits per heavy atom. The predicted octanol–water partition coefficient (Wildman–Crippen LogP) is 2.07. The van der Waals surface area contributed by atoms with Crippen LogP contribution >= 0.6 is 0 Å². The average Bonchev–Trinajstić information content (AvgIpc) is 2.53. The zero-order valence-electron chi connectivity index (χ0n) is 15.5. The normalized spacial score (nSPS) is 21.7. The van der Waals surface area contributed by atoms with E-state index in [1.807, 2.05) is 0 Å². The van der Waals surface area contributed by atoms with Gasteiger partial charge in [0.1, 0.15) is 0 Å². The molecule has 26 heavy (non-hydrogen) atoms. The highest BCUT2D eigenvalue weighted by molar-refractivity contribution is 7.89. The van der Waals surface area contributed by atoms with Crippen LogP contribution in [0.3, 0.4) is 0 Å². The van der Waals surface area contributed by atoms with Crippen molar-refractivity contribution in [2.24, 2.45) is 0 Å². The first-order valence-corrected chi connectivity index (χ1v) is 10.3. The van der Waals surface area contributed by atoms with Crippen molar-refractivity contribution in [3.05, 3.63) is 33.9 Å². The number of morpholine rings is 1. The monoisotopic (exact) mass is 385 g/mol. The lowest BCUT2D eigenvalue weighted by molar-refractivity contribution is -0.385. The van der Waals surface area contributed by atoms with Crippen LogP contribution in [0, 0.1) is 17.0 Å². The SMILES string of the molecule is Cc1ccc([N+](=O)[O-])cc1S(=O)(=O)NCCCCN1C[C@H](C)O[C@@H](C)C1. The number of nitrogens with one attached hydrogen (secondary N) is 1. The molecule has 1 N–H and O–H groups in total. The van der Waals surface area contributed by atoms with Crippen LogP contribution < -0.4 is 4.72 Å². The van der Waals surface area contributed by atoms with Gasteiger partial charge in [-0.15, -0.1) is 0 Å². The molecule has 2 atom stereocenters. The molecule has 0 unspecified atom stereocenters. The molecule has 0 amide bonds. The maximum Gasteiger partial charge on any atom is 0.270 e. The van der Waals surface area contributed by atoms with E-state index in [1.54, 1.807) is 6.92 Å². The van der Waals surface area contributed by atoms with Crippen LogP contribution in [0.2, 0.25) is 0 Å². The first-order valence-electron chi connectivity index (χ1n) is 8.81. The van der Waals surface area contributed by atoms with Crippen molar-refractivity contribution in [2.75, 3.05) is 26.2 Å². The van der Waals surface area contributed by atoms with Gasteiger partial charge in [-0.2, -0.15) is 0 Å². The smallest absolute Gasteiger partial charge is 0.270 e. The van der Waals surface area contributed by atoms with Crippen LogP contribution in [0.1, 0.15) is 32.3 Å². The third-order valence-electron chi connectivity index (χ3n) is 4.36. The molecule has 1 aliphatic heterocycles. The second kappa shape index (κ2) is 8.90. The van der Waals surface area contributed by atoms with Gasteiger partial charge in [-0.1, -0.05) is 6.07 Å². The Balaban J connectivity index is 1.83. The van der Waals surface area contributed by atoms with Crippen LogP contribution in [0.25, 0.3) is 0 Å². The summed E-state index contributed by atoms with van der Waals surface area (Å²) in [5.74, 6) is 0. The summed E-state index contributed by atoms with van der Waals surface area (Å²) in [6, 6.07) is 3.86. The van der Waals surface area contributed by atoms with Gasteiger partial charge < -0.3 is 4.74 Å². The third-order valence-corrected chi connectivity index (χ3v) is 5.96. The average molecular weight is 385 g/mol. The number of nitro groups is 1. The molecule has 1 heterocycles. The molecule has 8 nitrogen and oxygen atoms in total. The van der Waals surface area contributed by atoms with Crippen molar-refractivity contribution in [3.63, 3.8) is 0 Å². The molecule has 2 rings (SSSR count). The Labute approximate surface area is 154 Å². The van der Waals surface area contributed by atoms with Crippen molar-refractivity contribution >= 4 is 15.7 Å². The molecular weight excluding hydrogens is 358 g/mol. The molecule has 1 aromatic carbocycles. The first-order chi connectivity index (χ1) is 12.2. The Bertz CT molecular complexity index is 728. The first kappa shape index (κ1) is 20.8. The fraction of sp³-hybridized carbons (Fsp3) is 0.647.